The minimum atomic E-state index is -1.19. The van der Waals surface area contributed by atoms with E-state index >= 15 is 0 Å². The summed E-state index contributed by atoms with van der Waals surface area (Å²) in [6.45, 7) is 2.71. The van der Waals surface area contributed by atoms with Crippen LogP contribution in [-0.4, -0.2) is 33.4 Å². The van der Waals surface area contributed by atoms with Crippen molar-refractivity contribution in [2.45, 2.75) is 32.7 Å². The van der Waals surface area contributed by atoms with Gasteiger partial charge in [0.05, 0.1) is 12.2 Å². The number of carboxylic acid groups (broad SMARTS) is 1. The van der Waals surface area contributed by atoms with Crippen molar-refractivity contribution in [2.75, 3.05) is 6.54 Å². The normalized spacial score (nSPS) is 16.5. The molecule has 1 saturated carbocycles. The molecule has 1 amide bonds. The number of carbonyl (C=O) groups is 2. The second-order valence-electron chi connectivity index (χ2n) is 4.88. The Balaban J connectivity index is 2.13. The predicted octanol–water partition coefficient (Wildman–Crippen LogP) is 1.69. The number of hydrogen-bond donors (Lipinski definition) is 1. The zero-order valence-corrected chi connectivity index (χ0v) is 11.0. The maximum atomic E-state index is 12.4. The first-order valence-corrected chi connectivity index (χ1v) is 6.53. The van der Waals surface area contributed by atoms with Crippen LogP contribution in [0.2, 0.25) is 0 Å². The SMILES string of the molecule is CCN(Cc1ccccn1)C(=O)C1(C(=O)O)CCC1. The molecule has 1 aliphatic rings. The second kappa shape index (κ2) is 5.38. The predicted molar refractivity (Wildman–Crippen MR) is 69.2 cm³/mol. The van der Waals surface area contributed by atoms with E-state index in [1.165, 1.54) is 0 Å². The van der Waals surface area contributed by atoms with Gasteiger partial charge in [0, 0.05) is 12.7 Å². The summed E-state index contributed by atoms with van der Waals surface area (Å²) in [6, 6.07) is 5.51. The Bertz CT molecular complexity index is 469. The third-order valence-corrected chi connectivity index (χ3v) is 3.77. The van der Waals surface area contributed by atoms with Crippen molar-refractivity contribution in [3.8, 4) is 0 Å². The molecule has 19 heavy (non-hydrogen) atoms. The van der Waals surface area contributed by atoms with Crippen molar-refractivity contribution >= 4 is 11.9 Å². The monoisotopic (exact) mass is 262 g/mol. The molecule has 2 rings (SSSR count). The summed E-state index contributed by atoms with van der Waals surface area (Å²) in [5, 5.41) is 9.30. The molecule has 1 aromatic heterocycles. The van der Waals surface area contributed by atoms with Crippen LogP contribution in [0.1, 0.15) is 31.9 Å². The lowest BCUT2D eigenvalue weighted by atomic mass is 9.67. The highest BCUT2D eigenvalue weighted by atomic mass is 16.4. The van der Waals surface area contributed by atoms with Gasteiger partial charge < -0.3 is 10.0 Å². The van der Waals surface area contributed by atoms with Gasteiger partial charge in [0.25, 0.3) is 0 Å². The zero-order valence-electron chi connectivity index (χ0n) is 11.0. The van der Waals surface area contributed by atoms with Crippen LogP contribution in [-0.2, 0) is 16.1 Å². The molecule has 0 radical (unpaired) electrons. The van der Waals surface area contributed by atoms with Crippen LogP contribution in [0.3, 0.4) is 0 Å². The first-order valence-electron chi connectivity index (χ1n) is 6.53. The average Bonchev–Trinajstić information content (AvgIpc) is 2.35. The minimum Gasteiger partial charge on any atom is -0.480 e. The maximum absolute atomic E-state index is 12.4. The van der Waals surface area contributed by atoms with E-state index in [4.69, 9.17) is 0 Å². The molecule has 102 valence electrons. The lowest BCUT2D eigenvalue weighted by Crippen LogP contribution is -2.52. The summed E-state index contributed by atoms with van der Waals surface area (Å²) in [4.78, 5) is 29.6. The number of aromatic nitrogens is 1. The van der Waals surface area contributed by atoms with Crippen molar-refractivity contribution in [1.82, 2.24) is 9.88 Å². The quantitative estimate of drug-likeness (QED) is 0.820. The number of nitrogens with zero attached hydrogens (tertiary/aromatic N) is 2. The summed E-state index contributed by atoms with van der Waals surface area (Å²) >= 11 is 0. The Morgan fingerprint density at radius 2 is 2.16 bits per heavy atom. The number of aliphatic carboxylic acids is 1. The lowest BCUT2D eigenvalue weighted by molar-refractivity contribution is -0.167. The molecule has 0 spiro atoms. The molecule has 0 bridgehead atoms. The van der Waals surface area contributed by atoms with E-state index in [1.54, 1.807) is 11.1 Å². The van der Waals surface area contributed by atoms with Crippen LogP contribution in [0.4, 0.5) is 0 Å². The highest BCUT2D eigenvalue weighted by Gasteiger charge is 2.52. The molecular formula is C14H18N2O3. The van der Waals surface area contributed by atoms with E-state index in [0.29, 0.717) is 25.9 Å². The van der Waals surface area contributed by atoms with Crippen molar-refractivity contribution < 1.29 is 14.7 Å². The molecule has 0 atom stereocenters. The molecular weight excluding hydrogens is 244 g/mol. The molecule has 1 fully saturated rings. The van der Waals surface area contributed by atoms with E-state index in [-0.39, 0.29) is 5.91 Å². The third kappa shape index (κ3) is 2.45. The lowest BCUT2D eigenvalue weighted by Gasteiger charge is -2.39. The molecule has 1 heterocycles. The molecule has 1 N–H and O–H groups in total. The van der Waals surface area contributed by atoms with Crippen LogP contribution in [0.25, 0.3) is 0 Å². The van der Waals surface area contributed by atoms with Crippen LogP contribution in [0.15, 0.2) is 24.4 Å². The zero-order chi connectivity index (χ0) is 13.9. The third-order valence-electron chi connectivity index (χ3n) is 3.77. The largest absolute Gasteiger partial charge is 0.480 e. The number of amides is 1. The second-order valence-corrected chi connectivity index (χ2v) is 4.88. The molecule has 0 saturated heterocycles. The van der Waals surface area contributed by atoms with E-state index in [2.05, 4.69) is 4.98 Å². The number of carbonyl (C=O) groups excluding carboxylic acids is 1. The fourth-order valence-electron chi connectivity index (χ4n) is 2.37. The molecule has 5 nitrogen and oxygen atoms in total. The van der Waals surface area contributed by atoms with Gasteiger partial charge in [-0.3, -0.25) is 14.6 Å². The van der Waals surface area contributed by atoms with Crippen LogP contribution >= 0.6 is 0 Å². The number of pyridine rings is 1. The van der Waals surface area contributed by atoms with Crippen molar-refractivity contribution in [3.05, 3.63) is 30.1 Å². The highest BCUT2D eigenvalue weighted by molar-refractivity contribution is 6.02. The average molecular weight is 262 g/mol. The Hall–Kier alpha value is -1.91. The molecule has 1 aliphatic carbocycles. The Labute approximate surface area is 112 Å². The van der Waals surface area contributed by atoms with Crippen molar-refractivity contribution in [3.63, 3.8) is 0 Å². The fraction of sp³-hybridized carbons (Fsp3) is 0.500. The first-order chi connectivity index (χ1) is 9.10. The smallest absolute Gasteiger partial charge is 0.319 e. The van der Waals surface area contributed by atoms with E-state index in [1.807, 2.05) is 25.1 Å². The number of hydrogen-bond acceptors (Lipinski definition) is 3. The Morgan fingerprint density at radius 3 is 2.58 bits per heavy atom. The molecule has 0 aromatic carbocycles. The van der Waals surface area contributed by atoms with Gasteiger partial charge in [-0.2, -0.15) is 0 Å². The van der Waals surface area contributed by atoms with E-state index in [0.717, 1.165) is 12.1 Å². The van der Waals surface area contributed by atoms with E-state index < -0.39 is 11.4 Å². The standard InChI is InChI=1S/C14H18N2O3/c1-2-16(10-11-6-3-4-9-15-11)12(17)14(13(18)19)7-5-8-14/h3-4,6,9H,2,5,7-8,10H2,1H3,(H,18,19). The Morgan fingerprint density at radius 1 is 1.42 bits per heavy atom. The minimum absolute atomic E-state index is 0.278. The van der Waals surface area contributed by atoms with Gasteiger partial charge >= 0.3 is 5.97 Å². The van der Waals surface area contributed by atoms with Gasteiger partial charge in [0.2, 0.25) is 5.91 Å². The number of rotatable bonds is 5. The van der Waals surface area contributed by atoms with Gasteiger partial charge in [-0.25, -0.2) is 0 Å². The van der Waals surface area contributed by atoms with Crippen LogP contribution in [0, 0.1) is 5.41 Å². The van der Waals surface area contributed by atoms with Crippen molar-refractivity contribution in [1.29, 1.82) is 0 Å². The molecule has 0 aliphatic heterocycles. The van der Waals surface area contributed by atoms with Crippen LogP contribution in [0.5, 0.6) is 0 Å². The van der Waals surface area contributed by atoms with Gasteiger partial charge in [-0.05, 0) is 31.9 Å². The Kier molecular flexibility index (Phi) is 3.83. The van der Waals surface area contributed by atoms with Gasteiger partial charge in [0.15, 0.2) is 0 Å². The maximum Gasteiger partial charge on any atom is 0.319 e. The topological polar surface area (TPSA) is 70.5 Å². The molecule has 0 unspecified atom stereocenters. The van der Waals surface area contributed by atoms with Gasteiger partial charge in [-0.15, -0.1) is 0 Å². The summed E-state index contributed by atoms with van der Waals surface area (Å²) in [5.41, 5.74) is -0.414. The van der Waals surface area contributed by atoms with Gasteiger partial charge in [-0.1, -0.05) is 12.5 Å². The van der Waals surface area contributed by atoms with Crippen molar-refractivity contribution in [2.24, 2.45) is 5.41 Å². The summed E-state index contributed by atoms with van der Waals surface area (Å²) in [6.07, 6.45) is 3.36. The highest BCUT2D eigenvalue weighted by Crippen LogP contribution is 2.43. The first kappa shape index (κ1) is 13.5. The summed E-state index contributed by atoms with van der Waals surface area (Å²) in [7, 11) is 0. The van der Waals surface area contributed by atoms with Gasteiger partial charge in [0.1, 0.15) is 5.41 Å². The van der Waals surface area contributed by atoms with E-state index in [9.17, 15) is 14.7 Å². The number of carboxylic acids is 1. The molecule has 1 aromatic rings. The van der Waals surface area contributed by atoms with Crippen LogP contribution < -0.4 is 0 Å². The summed E-state index contributed by atoms with van der Waals surface area (Å²) < 4.78 is 0. The summed E-state index contributed by atoms with van der Waals surface area (Å²) in [5.74, 6) is -1.28. The fourth-order valence-corrected chi connectivity index (χ4v) is 2.37. The molecule has 5 heteroatoms.